The molecule has 2 aliphatic carbocycles. The van der Waals surface area contributed by atoms with Gasteiger partial charge in [-0.3, -0.25) is 0 Å². The van der Waals surface area contributed by atoms with E-state index in [4.69, 9.17) is 0 Å². The lowest BCUT2D eigenvalue weighted by molar-refractivity contribution is -0.756. The smallest absolute Gasteiger partial charge is 0.221 e. The fourth-order valence-corrected chi connectivity index (χ4v) is 11.3. The highest BCUT2D eigenvalue weighted by Crippen LogP contribution is 2.76. The fraction of sp³-hybridized carbons (Fsp3) is 0.395. The highest BCUT2D eigenvalue weighted by atomic mass is 19.1. The number of nitrogens with one attached hydrogen (secondary N) is 1. The number of benzene rings is 3. The highest BCUT2D eigenvalue weighted by Gasteiger charge is 2.88. The van der Waals surface area contributed by atoms with Crippen LogP contribution in [0, 0.1) is 11.7 Å². The van der Waals surface area contributed by atoms with Crippen molar-refractivity contribution in [2.45, 2.75) is 95.6 Å². The lowest BCUT2D eigenvalue weighted by Crippen LogP contribution is -2.57. The van der Waals surface area contributed by atoms with E-state index in [1.54, 1.807) is 6.07 Å². The molecule has 4 heterocycles. The largest absolute Gasteiger partial charge is 0.388 e. The van der Waals surface area contributed by atoms with Crippen molar-refractivity contribution in [3.05, 3.63) is 113 Å². The first-order valence-electron chi connectivity index (χ1n) is 18.0. The van der Waals surface area contributed by atoms with Gasteiger partial charge in [-0.25, -0.2) is 4.39 Å². The third-order valence-electron chi connectivity index (χ3n) is 13.2. The van der Waals surface area contributed by atoms with Crippen LogP contribution in [0.1, 0.15) is 94.2 Å². The van der Waals surface area contributed by atoms with Gasteiger partial charge in [-0.2, -0.15) is 9.13 Å². The van der Waals surface area contributed by atoms with Crippen LogP contribution in [-0.4, -0.2) is 7.05 Å². The van der Waals surface area contributed by atoms with Crippen LogP contribution in [-0.2, 0) is 29.2 Å². The van der Waals surface area contributed by atoms with Crippen molar-refractivity contribution in [2.24, 2.45) is 5.92 Å². The summed E-state index contributed by atoms with van der Waals surface area (Å²) in [6.07, 6.45) is 11.2. The van der Waals surface area contributed by atoms with Gasteiger partial charge in [0.1, 0.15) is 11.7 Å². The van der Waals surface area contributed by atoms with Gasteiger partial charge in [0.15, 0.2) is 24.0 Å². The number of halogens is 1. The second-order valence-electron chi connectivity index (χ2n) is 15.1. The standard InChI is InChI=1S/C43H46FN3/c1-7-10-13-26-16-18-31-36-29(26)21-23-47-39(36)37-32(19-20-33(44)38(37)41(31,4)5)42(8-2)40(43(42,47)9-3)35-24-27-15-17-28(45-6)25-30(27)34-14-11-12-22-46(34)35/h11-12,14-23,25,35,40,45H,7-10,13,24H2,1-6H3/q+2. The summed E-state index contributed by atoms with van der Waals surface area (Å²) in [7, 11) is 2.00. The molecule has 1 fully saturated rings. The van der Waals surface area contributed by atoms with E-state index >= 15 is 4.39 Å². The van der Waals surface area contributed by atoms with E-state index in [2.05, 4.69) is 122 Å². The molecule has 238 valence electrons. The molecule has 0 saturated heterocycles. The van der Waals surface area contributed by atoms with Crippen molar-refractivity contribution in [3.8, 4) is 22.5 Å². The Bertz CT molecular complexity index is 2150. The Kier molecular flexibility index (Phi) is 6.04. The summed E-state index contributed by atoms with van der Waals surface area (Å²) in [5, 5.41) is 6.07. The average molecular weight is 624 g/mol. The Morgan fingerprint density at radius 1 is 0.915 bits per heavy atom. The molecule has 5 aromatic rings. The van der Waals surface area contributed by atoms with Gasteiger partial charge in [0.2, 0.25) is 11.4 Å². The van der Waals surface area contributed by atoms with Crippen molar-refractivity contribution >= 4 is 16.5 Å². The number of hydrogen-bond donors (Lipinski definition) is 1. The van der Waals surface area contributed by atoms with Crippen LogP contribution in [0.3, 0.4) is 0 Å². The number of hydrogen-bond acceptors (Lipinski definition) is 1. The van der Waals surface area contributed by atoms with Crippen LogP contribution in [0.2, 0.25) is 0 Å². The molecular weight excluding hydrogens is 577 g/mol. The molecule has 9 rings (SSSR count). The molecule has 0 amide bonds. The normalized spacial score (nSPS) is 25.2. The monoisotopic (exact) mass is 623 g/mol. The van der Waals surface area contributed by atoms with E-state index < -0.39 is 5.41 Å². The maximum Gasteiger partial charge on any atom is 0.221 e. The van der Waals surface area contributed by atoms with Crippen molar-refractivity contribution in [1.29, 1.82) is 0 Å². The van der Waals surface area contributed by atoms with Gasteiger partial charge in [-0.15, -0.1) is 0 Å². The second-order valence-corrected chi connectivity index (χ2v) is 15.1. The first-order chi connectivity index (χ1) is 22.8. The number of aromatic nitrogens is 2. The minimum Gasteiger partial charge on any atom is -0.388 e. The molecular formula is C43H46FN3+2. The van der Waals surface area contributed by atoms with Crippen molar-refractivity contribution in [1.82, 2.24) is 0 Å². The van der Waals surface area contributed by atoms with Gasteiger partial charge in [0.25, 0.3) is 0 Å². The zero-order chi connectivity index (χ0) is 32.5. The topological polar surface area (TPSA) is 19.8 Å². The van der Waals surface area contributed by atoms with E-state index in [9.17, 15) is 0 Å². The molecule has 2 aromatic heterocycles. The second kappa shape index (κ2) is 9.75. The van der Waals surface area contributed by atoms with Gasteiger partial charge in [-0.05, 0) is 71.2 Å². The lowest BCUT2D eigenvalue weighted by atomic mass is 9.65. The molecule has 3 nitrogen and oxygen atoms in total. The summed E-state index contributed by atoms with van der Waals surface area (Å²) in [5.74, 6) is 0.277. The van der Waals surface area contributed by atoms with Crippen LogP contribution in [0.5, 0.6) is 0 Å². The minimum absolute atomic E-state index is 0.0721. The van der Waals surface area contributed by atoms with Crippen LogP contribution in [0.4, 0.5) is 10.1 Å². The van der Waals surface area contributed by atoms with Crippen molar-refractivity contribution in [2.75, 3.05) is 12.4 Å². The number of nitrogens with zero attached hydrogens (tertiary/aromatic N) is 2. The van der Waals surface area contributed by atoms with E-state index in [1.807, 2.05) is 7.05 Å². The lowest BCUT2D eigenvalue weighted by Gasteiger charge is -2.39. The van der Waals surface area contributed by atoms with Crippen LogP contribution in [0.25, 0.3) is 33.3 Å². The zero-order valence-electron chi connectivity index (χ0n) is 28.7. The van der Waals surface area contributed by atoms with Crippen molar-refractivity contribution < 1.29 is 13.5 Å². The number of pyridine rings is 2. The molecule has 4 aliphatic rings. The van der Waals surface area contributed by atoms with Gasteiger partial charge in [-0.1, -0.05) is 65.3 Å². The quantitative estimate of drug-likeness (QED) is 0.179. The fourth-order valence-electron chi connectivity index (χ4n) is 11.3. The Morgan fingerprint density at radius 2 is 1.74 bits per heavy atom. The molecule has 3 aromatic carbocycles. The predicted octanol–water partition coefficient (Wildman–Crippen LogP) is 9.11. The molecule has 0 radical (unpaired) electrons. The molecule has 1 saturated carbocycles. The molecule has 2 aliphatic heterocycles. The van der Waals surface area contributed by atoms with E-state index in [0.717, 1.165) is 36.9 Å². The van der Waals surface area contributed by atoms with Gasteiger partial charge in [0, 0.05) is 54.8 Å². The average Bonchev–Trinajstić information content (AvgIpc) is 3.73. The number of rotatable bonds is 7. The van der Waals surface area contributed by atoms with Gasteiger partial charge in [0.05, 0.1) is 21.9 Å². The van der Waals surface area contributed by atoms with E-state index in [0.29, 0.717) is 5.92 Å². The zero-order valence-corrected chi connectivity index (χ0v) is 28.7. The maximum atomic E-state index is 16.4. The van der Waals surface area contributed by atoms with Gasteiger partial charge >= 0.3 is 0 Å². The molecule has 4 unspecified atom stereocenters. The molecule has 4 heteroatoms. The number of unbranched alkanes of at least 4 members (excludes halogenated alkanes) is 1. The molecule has 47 heavy (non-hydrogen) atoms. The van der Waals surface area contributed by atoms with Crippen molar-refractivity contribution in [3.63, 3.8) is 0 Å². The molecule has 0 spiro atoms. The van der Waals surface area contributed by atoms with Gasteiger partial charge < -0.3 is 5.32 Å². The minimum atomic E-state index is -0.440. The Morgan fingerprint density at radius 3 is 2.51 bits per heavy atom. The number of anilines is 1. The van der Waals surface area contributed by atoms with E-state index in [1.165, 1.54) is 68.4 Å². The summed E-state index contributed by atoms with van der Waals surface area (Å²) in [6.45, 7) is 11.6. The predicted molar refractivity (Wildman–Crippen MR) is 188 cm³/mol. The van der Waals surface area contributed by atoms with E-state index in [-0.39, 0.29) is 22.8 Å². The SMILES string of the molecule is CCCCc1ccc2c3c4[n+](ccc13)C1(CC)C(C3Cc5ccc(NC)cc5-c5cccc[n+]53)C1(CC)c1ccc(F)c(c1-4)C2(C)C. The third-order valence-corrected chi connectivity index (χ3v) is 13.2. The summed E-state index contributed by atoms with van der Waals surface area (Å²) >= 11 is 0. The molecule has 4 atom stereocenters. The first-order valence-corrected chi connectivity index (χ1v) is 18.0. The summed E-state index contributed by atoms with van der Waals surface area (Å²) in [4.78, 5) is 0. The Hall–Kier alpha value is -4.05. The van der Waals surface area contributed by atoms with Crippen LogP contribution in [0.15, 0.2) is 79.1 Å². The Labute approximate surface area is 278 Å². The summed E-state index contributed by atoms with van der Waals surface area (Å²) in [5.41, 5.74) is 11.9. The Balaban J connectivity index is 1.36. The maximum absolute atomic E-state index is 16.4. The van der Waals surface area contributed by atoms with Crippen LogP contribution < -0.4 is 14.5 Å². The first kappa shape index (κ1) is 29.1. The van der Waals surface area contributed by atoms with Crippen LogP contribution >= 0.6 is 0 Å². The number of aryl methyl sites for hydroxylation is 1. The number of fused-ring (bicyclic) bond motifs is 6. The summed E-state index contributed by atoms with van der Waals surface area (Å²) < 4.78 is 21.7. The third kappa shape index (κ3) is 3.32. The molecule has 1 N–H and O–H groups in total. The molecule has 0 bridgehead atoms. The highest BCUT2D eigenvalue weighted by molar-refractivity contribution is 6.03. The summed E-state index contributed by atoms with van der Waals surface area (Å²) in [6, 6.07) is 24.9.